The lowest BCUT2D eigenvalue weighted by atomic mass is 9.61. The molecular weight excluding hydrogens is 249 g/mol. The van der Waals surface area contributed by atoms with Crippen molar-refractivity contribution >= 4 is 11.7 Å². The van der Waals surface area contributed by atoms with Crippen LogP contribution >= 0.6 is 0 Å². The summed E-state index contributed by atoms with van der Waals surface area (Å²) in [5, 5.41) is 9.38. The molecule has 1 aliphatic carbocycles. The summed E-state index contributed by atoms with van der Waals surface area (Å²) >= 11 is 0. The Morgan fingerprint density at radius 3 is 2.74 bits per heavy atom. The third-order valence-corrected chi connectivity index (χ3v) is 4.09. The van der Waals surface area contributed by atoms with Gasteiger partial charge in [-0.25, -0.2) is 9.18 Å². The molecule has 102 valence electrons. The third kappa shape index (κ3) is 1.98. The van der Waals surface area contributed by atoms with Gasteiger partial charge in [0.15, 0.2) is 0 Å². The first-order valence-electron chi connectivity index (χ1n) is 6.34. The van der Waals surface area contributed by atoms with Crippen LogP contribution in [0.2, 0.25) is 0 Å². The van der Waals surface area contributed by atoms with Gasteiger partial charge in [-0.05, 0) is 31.0 Å². The van der Waals surface area contributed by atoms with Crippen LogP contribution in [0.4, 0.5) is 10.1 Å². The number of hydrogen-bond acceptors (Lipinski definition) is 4. The normalized spacial score (nSPS) is 20.9. The Balaban J connectivity index is 1.80. The summed E-state index contributed by atoms with van der Waals surface area (Å²) < 4.78 is 17.9. The van der Waals surface area contributed by atoms with E-state index in [1.54, 1.807) is 6.07 Å². The zero-order valence-corrected chi connectivity index (χ0v) is 10.7. The van der Waals surface area contributed by atoms with E-state index in [1.165, 1.54) is 19.2 Å². The van der Waals surface area contributed by atoms with Gasteiger partial charge in [0.2, 0.25) is 0 Å². The van der Waals surface area contributed by atoms with E-state index < -0.39 is 11.8 Å². The summed E-state index contributed by atoms with van der Waals surface area (Å²) in [4.78, 5) is 13.7. The van der Waals surface area contributed by atoms with Crippen LogP contribution in [0.1, 0.15) is 23.2 Å². The van der Waals surface area contributed by atoms with Crippen molar-refractivity contribution in [3.8, 4) is 0 Å². The molecule has 4 nitrogen and oxygen atoms in total. The molecule has 1 saturated carbocycles. The predicted molar refractivity (Wildman–Crippen MR) is 67.6 cm³/mol. The average Bonchev–Trinajstić information content (AvgIpc) is 2.31. The largest absolute Gasteiger partial charge is 0.465 e. The number of aliphatic hydroxyl groups excluding tert-OH is 1. The maximum absolute atomic E-state index is 13.3. The zero-order valence-electron chi connectivity index (χ0n) is 10.7. The van der Waals surface area contributed by atoms with Crippen LogP contribution in [0.15, 0.2) is 18.2 Å². The Labute approximate surface area is 110 Å². The topological polar surface area (TPSA) is 49.8 Å². The Kier molecular flexibility index (Phi) is 2.74. The molecule has 1 N–H and O–H groups in total. The van der Waals surface area contributed by atoms with Crippen molar-refractivity contribution in [3.05, 3.63) is 29.6 Å². The fourth-order valence-electron chi connectivity index (χ4n) is 3.19. The number of anilines is 1. The van der Waals surface area contributed by atoms with Crippen molar-refractivity contribution in [2.24, 2.45) is 5.41 Å². The lowest BCUT2D eigenvalue weighted by molar-refractivity contribution is -0.0492. The number of aliphatic hydroxyl groups is 1. The van der Waals surface area contributed by atoms with Gasteiger partial charge in [0.05, 0.1) is 24.5 Å². The van der Waals surface area contributed by atoms with Crippen LogP contribution in [0.25, 0.3) is 0 Å². The highest BCUT2D eigenvalue weighted by molar-refractivity contribution is 5.96. The molecule has 0 unspecified atom stereocenters. The first kappa shape index (κ1) is 12.4. The number of esters is 1. The van der Waals surface area contributed by atoms with Gasteiger partial charge in [0, 0.05) is 18.5 Å². The van der Waals surface area contributed by atoms with Crippen LogP contribution < -0.4 is 4.90 Å². The highest BCUT2D eigenvalue weighted by Gasteiger charge is 2.52. The molecule has 0 bridgehead atoms. The number of rotatable bonds is 2. The second-order valence-electron chi connectivity index (χ2n) is 5.57. The maximum Gasteiger partial charge on any atom is 0.340 e. The number of benzene rings is 1. The minimum atomic E-state index is -0.524. The summed E-state index contributed by atoms with van der Waals surface area (Å²) in [5.41, 5.74) is 1.17. The van der Waals surface area contributed by atoms with E-state index in [4.69, 9.17) is 0 Å². The van der Waals surface area contributed by atoms with E-state index in [2.05, 4.69) is 4.74 Å². The first-order valence-corrected chi connectivity index (χ1v) is 6.34. The number of hydrogen-bond donors (Lipinski definition) is 1. The van der Waals surface area contributed by atoms with Crippen LogP contribution in [0, 0.1) is 11.2 Å². The molecule has 3 rings (SSSR count). The zero-order chi connectivity index (χ0) is 13.6. The smallest absolute Gasteiger partial charge is 0.340 e. The minimum absolute atomic E-state index is 0.185. The Morgan fingerprint density at radius 1 is 1.47 bits per heavy atom. The van der Waals surface area contributed by atoms with Crippen molar-refractivity contribution in [3.63, 3.8) is 0 Å². The van der Waals surface area contributed by atoms with E-state index in [1.807, 2.05) is 4.90 Å². The third-order valence-electron chi connectivity index (χ3n) is 4.09. The molecule has 2 fully saturated rings. The number of nitrogens with zero attached hydrogens (tertiary/aromatic N) is 1. The molecule has 1 aliphatic heterocycles. The fraction of sp³-hybridized carbons (Fsp3) is 0.500. The van der Waals surface area contributed by atoms with Gasteiger partial charge in [-0.2, -0.15) is 0 Å². The second-order valence-corrected chi connectivity index (χ2v) is 5.57. The van der Waals surface area contributed by atoms with Crippen molar-refractivity contribution in [2.75, 3.05) is 25.1 Å². The average molecular weight is 265 g/mol. The maximum atomic E-state index is 13.3. The number of halogens is 1. The van der Waals surface area contributed by atoms with E-state index >= 15 is 0 Å². The monoisotopic (exact) mass is 265 g/mol. The molecular formula is C14H16FNO3. The molecule has 1 aromatic rings. The molecule has 19 heavy (non-hydrogen) atoms. The standard InChI is InChI=1S/C14H16FNO3/c1-19-13(18)11-4-9(15)2-3-12(11)16-7-14(8-16)5-10(17)6-14/h2-4,10,17H,5-8H2,1H3. The minimum Gasteiger partial charge on any atom is -0.465 e. The summed E-state index contributed by atoms with van der Waals surface area (Å²) in [7, 11) is 1.29. The van der Waals surface area contributed by atoms with E-state index in [0.717, 1.165) is 25.9 Å². The van der Waals surface area contributed by atoms with Crippen LogP contribution in [0.3, 0.4) is 0 Å². The van der Waals surface area contributed by atoms with Gasteiger partial charge < -0.3 is 14.7 Å². The van der Waals surface area contributed by atoms with Gasteiger partial charge in [-0.15, -0.1) is 0 Å². The highest BCUT2D eigenvalue weighted by Crippen LogP contribution is 2.50. The molecule has 5 heteroatoms. The first-order chi connectivity index (χ1) is 9.03. The molecule has 2 aliphatic rings. The molecule has 0 amide bonds. The Hall–Kier alpha value is -1.62. The fourth-order valence-corrected chi connectivity index (χ4v) is 3.19. The van der Waals surface area contributed by atoms with Gasteiger partial charge in [0.25, 0.3) is 0 Å². The molecule has 0 radical (unpaired) electrons. The van der Waals surface area contributed by atoms with Gasteiger partial charge >= 0.3 is 5.97 Å². The number of carbonyl (C=O) groups is 1. The lowest BCUT2D eigenvalue weighted by Gasteiger charge is -2.58. The molecule has 1 aromatic carbocycles. The quantitative estimate of drug-likeness (QED) is 0.825. The van der Waals surface area contributed by atoms with Crippen molar-refractivity contribution in [1.29, 1.82) is 0 Å². The van der Waals surface area contributed by atoms with E-state index in [-0.39, 0.29) is 17.1 Å². The summed E-state index contributed by atoms with van der Waals surface area (Å²) in [6, 6.07) is 4.17. The summed E-state index contributed by atoms with van der Waals surface area (Å²) in [6.45, 7) is 1.61. The van der Waals surface area contributed by atoms with Crippen LogP contribution in [-0.4, -0.2) is 37.4 Å². The molecule has 1 saturated heterocycles. The molecule has 1 heterocycles. The molecule has 0 aromatic heterocycles. The Morgan fingerprint density at radius 2 is 2.16 bits per heavy atom. The Bertz CT molecular complexity index is 517. The van der Waals surface area contributed by atoms with Crippen molar-refractivity contribution in [2.45, 2.75) is 18.9 Å². The molecule has 0 atom stereocenters. The van der Waals surface area contributed by atoms with Crippen molar-refractivity contribution < 1.29 is 19.0 Å². The van der Waals surface area contributed by atoms with E-state index in [9.17, 15) is 14.3 Å². The summed E-state index contributed by atoms with van der Waals surface area (Å²) in [5.74, 6) is -0.970. The number of ether oxygens (including phenoxy) is 1. The van der Waals surface area contributed by atoms with Gasteiger partial charge in [-0.1, -0.05) is 0 Å². The summed E-state index contributed by atoms with van der Waals surface area (Å²) in [6.07, 6.45) is 1.45. The van der Waals surface area contributed by atoms with E-state index in [0.29, 0.717) is 5.69 Å². The highest BCUT2D eigenvalue weighted by atomic mass is 19.1. The molecule has 1 spiro atoms. The predicted octanol–water partition coefficient (Wildman–Crippen LogP) is 1.57. The van der Waals surface area contributed by atoms with Crippen molar-refractivity contribution in [1.82, 2.24) is 0 Å². The SMILES string of the molecule is COC(=O)c1cc(F)ccc1N1CC2(CC(O)C2)C1. The van der Waals surface area contributed by atoms with Crippen LogP contribution in [0.5, 0.6) is 0 Å². The van der Waals surface area contributed by atoms with Crippen LogP contribution in [-0.2, 0) is 4.74 Å². The second kappa shape index (κ2) is 4.20. The lowest BCUT2D eigenvalue weighted by Crippen LogP contribution is -2.64. The number of methoxy groups -OCH3 is 1. The van der Waals surface area contributed by atoms with Gasteiger partial charge in [0.1, 0.15) is 5.82 Å². The van der Waals surface area contributed by atoms with Gasteiger partial charge in [-0.3, -0.25) is 0 Å². The number of carbonyl (C=O) groups excluding carboxylic acids is 1.